The number of imidazole rings is 1. The third-order valence-corrected chi connectivity index (χ3v) is 5.02. The minimum Gasteiger partial charge on any atom is -0.494 e. The molecule has 0 saturated heterocycles. The van der Waals surface area contributed by atoms with Crippen LogP contribution in [-0.4, -0.2) is 25.5 Å². The van der Waals surface area contributed by atoms with Crippen molar-refractivity contribution in [3.63, 3.8) is 0 Å². The van der Waals surface area contributed by atoms with E-state index in [4.69, 9.17) is 4.74 Å². The van der Waals surface area contributed by atoms with Gasteiger partial charge in [0.2, 0.25) is 0 Å². The summed E-state index contributed by atoms with van der Waals surface area (Å²) in [6, 6.07) is 16.6. The van der Waals surface area contributed by atoms with Gasteiger partial charge in [-0.15, -0.1) is 0 Å². The van der Waals surface area contributed by atoms with Gasteiger partial charge in [0.15, 0.2) is 5.65 Å². The van der Waals surface area contributed by atoms with Gasteiger partial charge in [0, 0.05) is 41.5 Å². The molecular formula is C23H20N4O. The van der Waals surface area contributed by atoms with E-state index in [1.54, 1.807) is 0 Å². The molecule has 0 radical (unpaired) electrons. The molecule has 0 aliphatic heterocycles. The Morgan fingerprint density at radius 2 is 1.89 bits per heavy atom. The summed E-state index contributed by atoms with van der Waals surface area (Å²) in [6.07, 6.45) is 7.84. The first kappa shape index (κ1) is 16.6. The highest BCUT2D eigenvalue weighted by Gasteiger charge is 2.10. The number of aromatic nitrogens is 4. The molecule has 2 aromatic carbocycles. The molecular weight excluding hydrogens is 348 g/mol. The number of benzene rings is 2. The van der Waals surface area contributed by atoms with E-state index in [0.717, 1.165) is 33.9 Å². The molecule has 5 rings (SSSR count). The fourth-order valence-corrected chi connectivity index (χ4v) is 3.60. The highest BCUT2D eigenvalue weighted by atomic mass is 16.5. The lowest BCUT2D eigenvalue weighted by molar-refractivity contribution is 0.340. The summed E-state index contributed by atoms with van der Waals surface area (Å²) in [4.78, 5) is 9.13. The summed E-state index contributed by atoms with van der Waals surface area (Å²) >= 11 is 0. The lowest BCUT2D eigenvalue weighted by atomic mass is 10.1. The highest BCUT2D eigenvalue weighted by Crippen LogP contribution is 2.28. The summed E-state index contributed by atoms with van der Waals surface area (Å²) in [7, 11) is 2.06. The van der Waals surface area contributed by atoms with E-state index in [0.29, 0.717) is 6.61 Å². The zero-order valence-corrected chi connectivity index (χ0v) is 15.8. The molecule has 0 fully saturated rings. The van der Waals surface area contributed by atoms with E-state index in [2.05, 4.69) is 56.4 Å². The summed E-state index contributed by atoms with van der Waals surface area (Å²) in [6.45, 7) is 2.63. The molecule has 28 heavy (non-hydrogen) atoms. The molecule has 5 heteroatoms. The standard InChI is InChI=1S/C23H20N4O/c1-3-28-19-6-4-5-16(12-19)20-15-27-22(13-25-23(27)14-24-20)17-7-8-21-18(11-17)9-10-26(21)2/h4-15H,3H2,1-2H3. The van der Waals surface area contributed by atoms with Crippen LogP contribution in [0.5, 0.6) is 5.75 Å². The topological polar surface area (TPSA) is 44.4 Å². The Morgan fingerprint density at radius 3 is 2.79 bits per heavy atom. The second-order valence-electron chi connectivity index (χ2n) is 6.81. The Morgan fingerprint density at radius 1 is 0.964 bits per heavy atom. The Bertz CT molecular complexity index is 1300. The normalized spacial score (nSPS) is 11.4. The molecule has 138 valence electrons. The molecule has 3 aromatic heterocycles. The van der Waals surface area contributed by atoms with Crippen LogP contribution in [0.3, 0.4) is 0 Å². The van der Waals surface area contributed by atoms with Gasteiger partial charge >= 0.3 is 0 Å². The molecule has 0 bridgehead atoms. The monoisotopic (exact) mass is 368 g/mol. The first-order valence-corrected chi connectivity index (χ1v) is 9.35. The lowest BCUT2D eigenvalue weighted by Gasteiger charge is -2.08. The van der Waals surface area contributed by atoms with Crippen molar-refractivity contribution in [2.24, 2.45) is 7.05 Å². The fraction of sp³-hybridized carbons (Fsp3) is 0.130. The predicted octanol–water partition coefficient (Wildman–Crippen LogP) is 4.95. The number of ether oxygens (including phenoxy) is 1. The summed E-state index contributed by atoms with van der Waals surface area (Å²) < 4.78 is 9.85. The maximum Gasteiger partial charge on any atom is 0.155 e. The Hall–Kier alpha value is -3.60. The van der Waals surface area contributed by atoms with Crippen molar-refractivity contribution in [3.8, 4) is 28.3 Å². The molecule has 0 amide bonds. The molecule has 0 aliphatic rings. The van der Waals surface area contributed by atoms with E-state index >= 15 is 0 Å². The van der Waals surface area contributed by atoms with Crippen molar-refractivity contribution < 1.29 is 4.74 Å². The van der Waals surface area contributed by atoms with E-state index in [-0.39, 0.29) is 0 Å². The third-order valence-electron chi connectivity index (χ3n) is 5.02. The van der Waals surface area contributed by atoms with Crippen LogP contribution in [-0.2, 0) is 7.05 Å². The molecule has 5 nitrogen and oxygen atoms in total. The fourth-order valence-electron chi connectivity index (χ4n) is 3.60. The largest absolute Gasteiger partial charge is 0.494 e. The molecule has 0 unspecified atom stereocenters. The smallest absolute Gasteiger partial charge is 0.155 e. The van der Waals surface area contributed by atoms with Crippen LogP contribution in [0.15, 0.2) is 73.3 Å². The average molecular weight is 368 g/mol. The van der Waals surface area contributed by atoms with Gasteiger partial charge in [-0.05, 0) is 37.3 Å². The summed E-state index contributed by atoms with van der Waals surface area (Å²) in [5.41, 5.74) is 6.12. The lowest BCUT2D eigenvalue weighted by Crippen LogP contribution is -1.95. The third kappa shape index (κ3) is 2.72. The zero-order chi connectivity index (χ0) is 19.1. The van der Waals surface area contributed by atoms with Crippen LogP contribution < -0.4 is 4.74 Å². The van der Waals surface area contributed by atoms with Crippen molar-refractivity contribution in [2.45, 2.75) is 6.92 Å². The molecule has 0 atom stereocenters. The van der Waals surface area contributed by atoms with Crippen molar-refractivity contribution >= 4 is 16.6 Å². The molecule has 0 aliphatic carbocycles. The molecule has 5 aromatic rings. The molecule has 0 N–H and O–H groups in total. The minimum absolute atomic E-state index is 0.642. The maximum atomic E-state index is 5.63. The van der Waals surface area contributed by atoms with Crippen LogP contribution in [0.4, 0.5) is 0 Å². The van der Waals surface area contributed by atoms with Crippen molar-refractivity contribution in [1.29, 1.82) is 0 Å². The van der Waals surface area contributed by atoms with Gasteiger partial charge in [0.1, 0.15) is 5.75 Å². The quantitative estimate of drug-likeness (QED) is 0.451. The van der Waals surface area contributed by atoms with Crippen molar-refractivity contribution in [3.05, 3.63) is 73.3 Å². The van der Waals surface area contributed by atoms with Crippen LogP contribution in [0.2, 0.25) is 0 Å². The molecule has 0 saturated carbocycles. The van der Waals surface area contributed by atoms with Crippen LogP contribution in [0.1, 0.15) is 6.92 Å². The number of hydrogen-bond donors (Lipinski definition) is 0. The minimum atomic E-state index is 0.642. The van der Waals surface area contributed by atoms with Crippen LogP contribution in [0, 0.1) is 0 Å². The van der Waals surface area contributed by atoms with Crippen LogP contribution in [0.25, 0.3) is 39.1 Å². The van der Waals surface area contributed by atoms with Gasteiger partial charge in [0.05, 0.1) is 30.4 Å². The van der Waals surface area contributed by atoms with Gasteiger partial charge in [-0.2, -0.15) is 0 Å². The Balaban J connectivity index is 1.62. The van der Waals surface area contributed by atoms with Crippen molar-refractivity contribution in [1.82, 2.24) is 18.9 Å². The van der Waals surface area contributed by atoms with E-state index in [1.165, 1.54) is 10.9 Å². The van der Waals surface area contributed by atoms with Gasteiger partial charge < -0.3 is 9.30 Å². The summed E-state index contributed by atoms with van der Waals surface area (Å²) in [5, 5.41) is 1.22. The van der Waals surface area contributed by atoms with Crippen molar-refractivity contribution in [2.75, 3.05) is 6.61 Å². The summed E-state index contributed by atoms with van der Waals surface area (Å²) in [5.74, 6) is 0.849. The number of hydrogen-bond acceptors (Lipinski definition) is 3. The van der Waals surface area contributed by atoms with E-state index in [1.807, 2.05) is 49.8 Å². The first-order chi connectivity index (χ1) is 13.7. The first-order valence-electron chi connectivity index (χ1n) is 9.35. The zero-order valence-electron chi connectivity index (χ0n) is 15.8. The number of nitrogens with zero attached hydrogens (tertiary/aromatic N) is 4. The number of aryl methyl sites for hydroxylation is 1. The number of fused-ring (bicyclic) bond motifs is 2. The van der Waals surface area contributed by atoms with Gasteiger partial charge in [-0.25, -0.2) is 4.98 Å². The SMILES string of the molecule is CCOc1cccc(-c2cn3c(-c4ccc5c(ccn5C)c4)cnc3cn2)c1. The van der Waals surface area contributed by atoms with Crippen LogP contribution >= 0.6 is 0 Å². The van der Waals surface area contributed by atoms with Gasteiger partial charge in [-0.1, -0.05) is 18.2 Å². The highest BCUT2D eigenvalue weighted by molar-refractivity contribution is 5.85. The van der Waals surface area contributed by atoms with E-state index in [9.17, 15) is 0 Å². The average Bonchev–Trinajstić information content (AvgIpc) is 3.31. The predicted molar refractivity (Wildman–Crippen MR) is 112 cm³/mol. The van der Waals surface area contributed by atoms with E-state index < -0.39 is 0 Å². The number of rotatable bonds is 4. The Kier molecular flexibility index (Phi) is 3.86. The maximum absolute atomic E-state index is 5.63. The Labute approximate surface area is 162 Å². The second-order valence-corrected chi connectivity index (χ2v) is 6.81. The van der Waals surface area contributed by atoms with Gasteiger partial charge in [-0.3, -0.25) is 9.38 Å². The molecule has 3 heterocycles. The molecule has 0 spiro atoms. The van der Waals surface area contributed by atoms with Gasteiger partial charge in [0.25, 0.3) is 0 Å². The second kappa shape index (κ2) is 6.53.